The smallest absolute Gasteiger partial charge is 0.135 e. The van der Waals surface area contributed by atoms with Crippen LogP contribution in [0.5, 0.6) is 0 Å². The number of aryl methyl sites for hydroxylation is 1. The summed E-state index contributed by atoms with van der Waals surface area (Å²) in [5.41, 5.74) is 3.83. The maximum absolute atomic E-state index is 4.44. The van der Waals surface area contributed by atoms with Gasteiger partial charge in [0.25, 0.3) is 0 Å². The maximum atomic E-state index is 4.44. The lowest BCUT2D eigenvalue weighted by atomic mass is 10.0. The third-order valence-corrected chi connectivity index (χ3v) is 4.32. The van der Waals surface area contributed by atoms with Crippen molar-refractivity contribution >= 4 is 23.0 Å². The average Bonchev–Trinajstić information content (AvgIpc) is 2.87. The van der Waals surface area contributed by atoms with Gasteiger partial charge in [-0.15, -0.1) is 0 Å². The van der Waals surface area contributed by atoms with Crippen LogP contribution in [0.3, 0.4) is 0 Å². The van der Waals surface area contributed by atoms with Gasteiger partial charge in [-0.1, -0.05) is 20.8 Å². The lowest BCUT2D eigenvalue weighted by Crippen LogP contribution is -2.12. The minimum absolute atomic E-state index is 0.372. The van der Waals surface area contributed by atoms with Gasteiger partial charge in [0.05, 0.1) is 0 Å². The zero-order valence-corrected chi connectivity index (χ0v) is 14.0. The second-order valence-electron chi connectivity index (χ2n) is 5.50. The van der Waals surface area contributed by atoms with Gasteiger partial charge in [-0.25, -0.2) is 9.97 Å². The molecule has 0 saturated carbocycles. The molecule has 0 aliphatic carbocycles. The van der Waals surface area contributed by atoms with E-state index < -0.39 is 0 Å². The predicted molar refractivity (Wildman–Crippen MR) is 91.3 cm³/mol. The molecule has 0 unspecified atom stereocenters. The highest BCUT2D eigenvalue weighted by Gasteiger charge is 2.14. The molecule has 0 aromatic carbocycles. The minimum Gasteiger partial charge on any atom is -0.370 e. The van der Waals surface area contributed by atoms with Crippen LogP contribution in [0.1, 0.15) is 49.8 Å². The van der Waals surface area contributed by atoms with E-state index in [0.29, 0.717) is 5.92 Å². The highest BCUT2D eigenvalue weighted by molar-refractivity contribution is 7.08. The summed E-state index contributed by atoms with van der Waals surface area (Å²) in [4.78, 5) is 8.84. The molecule has 0 aliphatic rings. The Morgan fingerprint density at radius 1 is 1.14 bits per heavy atom. The number of thiophene rings is 1. The molecule has 0 saturated heterocycles. The Morgan fingerprint density at radius 2 is 1.86 bits per heavy atom. The normalized spacial score (nSPS) is 10.9. The first kappa shape index (κ1) is 15.8. The molecule has 0 atom stereocenters. The van der Waals surface area contributed by atoms with E-state index in [4.69, 9.17) is 0 Å². The van der Waals surface area contributed by atoms with Crippen molar-refractivity contribution in [2.75, 3.05) is 17.2 Å². The molecule has 2 aromatic rings. The first-order valence-corrected chi connectivity index (χ1v) is 8.42. The molecular weight excluding hydrogens is 280 g/mol. The average molecular weight is 304 g/mol. The van der Waals surface area contributed by atoms with Gasteiger partial charge < -0.3 is 10.6 Å². The van der Waals surface area contributed by atoms with E-state index >= 15 is 0 Å². The van der Waals surface area contributed by atoms with Crippen LogP contribution in [0.2, 0.25) is 0 Å². The minimum atomic E-state index is 0.372. The summed E-state index contributed by atoms with van der Waals surface area (Å²) in [5, 5.41) is 11.2. The largest absolute Gasteiger partial charge is 0.370 e. The van der Waals surface area contributed by atoms with E-state index in [-0.39, 0.29) is 0 Å². The molecule has 0 fully saturated rings. The van der Waals surface area contributed by atoms with E-state index in [1.54, 1.807) is 17.7 Å². The summed E-state index contributed by atoms with van der Waals surface area (Å²) in [7, 11) is 0. The zero-order chi connectivity index (χ0) is 15.2. The van der Waals surface area contributed by atoms with E-state index in [1.165, 1.54) is 16.7 Å². The van der Waals surface area contributed by atoms with Crippen LogP contribution in [0.15, 0.2) is 17.1 Å². The monoisotopic (exact) mass is 304 g/mol. The zero-order valence-electron chi connectivity index (χ0n) is 13.2. The molecule has 2 aromatic heterocycles. The Morgan fingerprint density at radius 3 is 2.43 bits per heavy atom. The molecule has 4 nitrogen and oxygen atoms in total. The second-order valence-corrected chi connectivity index (χ2v) is 6.24. The van der Waals surface area contributed by atoms with Crippen LogP contribution in [0.25, 0.3) is 0 Å². The predicted octanol–water partition coefficient (Wildman–Crippen LogP) is 4.40. The third-order valence-electron chi connectivity index (χ3n) is 3.41. The molecule has 0 radical (unpaired) electrons. The number of nitrogens with one attached hydrogen (secondary N) is 2. The number of hydrogen-bond donors (Lipinski definition) is 2. The lowest BCUT2D eigenvalue weighted by Gasteiger charge is -2.17. The fourth-order valence-electron chi connectivity index (χ4n) is 2.21. The number of anilines is 2. The summed E-state index contributed by atoms with van der Waals surface area (Å²) in [6, 6.07) is 0. The van der Waals surface area contributed by atoms with Crippen molar-refractivity contribution in [3.8, 4) is 0 Å². The van der Waals surface area contributed by atoms with Gasteiger partial charge in [0, 0.05) is 18.7 Å². The molecule has 5 heteroatoms. The first-order chi connectivity index (χ1) is 10.1. The van der Waals surface area contributed by atoms with E-state index in [9.17, 15) is 0 Å². The van der Waals surface area contributed by atoms with Crippen molar-refractivity contribution in [2.45, 2.75) is 46.6 Å². The highest BCUT2D eigenvalue weighted by atomic mass is 32.1. The van der Waals surface area contributed by atoms with Gasteiger partial charge in [0.15, 0.2) is 0 Å². The Kier molecular flexibility index (Phi) is 5.56. The molecule has 0 aliphatic heterocycles. The quantitative estimate of drug-likeness (QED) is 0.796. The topological polar surface area (TPSA) is 49.8 Å². The van der Waals surface area contributed by atoms with Crippen LogP contribution in [0, 0.1) is 6.92 Å². The summed E-state index contributed by atoms with van der Waals surface area (Å²) in [6.07, 6.45) is 2.71. The molecule has 0 spiro atoms. The van der Waals surface area contributed by atoms with Gasteiger partial charge in [-0.3, -0.25) is 0 Å². The SMILES string of the molecule is CCCNc1ncnc(NCc2cscc2C)c1C(C)C. The van der Waals surface area contributed by atoms with Crippen molar-refractivity contribution < 1.29 is 0 Å². The molecule has 0 amide bonds. The standard InChI is InChI=1S/C16H24N4S/c1-5-6-17-15-14(11(2)3)16(20-10-19-15)18-7-13-9-21-8-12(13)4/h8-11H,5-7H2,1-4H3,(H2,17,18,19,20). The van der Waals surface area contributed by atoms with Crippen LogP contribution >= 0.6 is 11.3 Å². The van der Waals surface area contributed by atoms with Gasteiger partial charge in [0.1, 0.15) is 18.0 Å². The number of rotatable bonds is 7. The molecule has 114 valence electrons. The van der Waals surface area contributed by atoms with Gasteiger partial charge in [-0.2, -0.15) is 11.3 Å². The highest BCUT2D eigenvalue weighted by Crippen LogP contribution is 2.29. The number of nitrogens with zero attached hydrogens (tertiary/aromatic N) is 2. The molecule has 2 rings (SSSR count). The van der Waals surface area contributed by atoms with Gasteiger partial charge in [0.2, 0.25) is 0 Å². The third kappa shape index (κ3) is 3.94. The summed E-state index contributed by atoms with van der Waals surface area (Å²) in [5.74, 6) is 2.26. The van der Waals surface area contributed by atoms with Crippen LogP contribution < -0.4 is 10.6 Å². The summed E-state index contributed by atoms with van der Waals surface area (Å²) in [6.45, 7) is 10.4. The Hall–Kier alpha value is -1.62. The molecule has 2 heterocycles. The summed E-state index contributed by atoms with van der Waals surface area (Å²) < 4.78 is 0. The van der Waals surface area contributed by atoms with E-state index in [1.807, 2.05) is 0 Å². The van der Waals surface area contributed by atoms with Crippen molar-refractivity contribution in [1.29, 1.82) is 0 Å². The van der Waals surface area contributed by atoms with Crippen molar-refractivity contribution in [3.63, 3.8) is 0 Å². The van der Waals surface area contributed by atoms with Crippen molar-refractivity contribution in [1.82, 2.24) is 9.97 Å². The van der Waals surface area contributed by atoms with Crippen molar-refractivity contribution in [2.24, 2.45) is 0 Å². The first-order valence-electron chi connectivity index (χ1n) is 7.47. The second kappa shape index (κ2) is 7.41. The van der Waals surface area contributed by atoms with E-state index in [0.717, 1.165) is 31.1 Å². The van der Waals surface area contributed by atoms with Gasteiger partial charge >= 0.3 is 0 Å². The molecule has 2 N–H and O–H groups in total. The number of hydrogen-bond acceptors (Lipinski definition) is 5. The Balaban J connectivity index is 2.19. The van der Waals surface area contributed by atoms with Gasteiger partial charge in [-0.05, 0) is 41.1 Å². The molecule has 0 bridgehead atoms. The number of aromatic nitrogens is 2. The Bertz CT molecular complexity index is 577. The van der Waals surface area contributed by atoms with E-state index in [2.05, 4.69) is 59.1 Å². The molecular formula is C16H24N4S. The molecule has 21 heavy (non-hydrogen) atoms. The fraction of sp³-hybridized carbons (Fsp3) is 0.500. The Labute approximate surface area is 131 Å². The summed E-state index contributed by atoms with van der Waals surface area (Å²) >= 11 is 1.74. The maximum Gasteiger partial charge on any atom is 0.135 e. The fourth-order valence-corrected chi connectivity index (χ4v) is 3.07. The van der Waals surface area contributed by atoms with Crippen LogP contribution in [0.4, 0.5) is 11.6 Å². The van der Waals surface area contributed by atoms with Crippen molar-refractivity contribution in [3.05, 3.63) is 33.8 Å². The van der Waals surface area contributed by atoms with Crippen LogP contribution in [-0.2, 0) is 6.54 Å². The van der Waals surface area contributed by atoms with Crippen LogP contribution in [-0.4, -0.2) is 16.5 Å². The lowest BCUT2D eigenvalue weighted by molar-refractivity contribution is 0.839.